The maximum Gasteiger partial charge on any atom is 0.272 e. The van der Waals surface area contributed by atoms with Crippen LogP contribution in [0.3, 0.4) is 0 Å². The highest BCUT2D eigenvalue weighted by molar-refractivity contribution is 8.03. The average molecular weight is 439 g/mol. The van der Waals surface area contributed by atoms with Gasteiger partial charge in [-0.05, 0) is 61.7 Å². The Morgan fingerprint density at radius 3 is 2.37 bits per heavy atom. The molecule has 1 aromatic carbocycles. The molecule has 4 rings (SSSR count). The molecule has 0 fully saturated rings. The van der Waals surface area contributed by atoms with E-state index in [1.54, 1.807) is 6.26 Å². The summed E-state index contributed by atoms with van der Waals surface area (Å²) in [6.07, 6.45) is 1.61. The number of carbonyl (C=O) groups excluding carboxylic acids is 2. The first-order valence-electron chi connectivity index (χ1n) is 9.81. The van der Waals surface area contributed by atoms with Crippen molar-refractivity contribution in [3.63, 3.8) is 0 Å². The van der Waals surface area contributed by atoms with Crippen LogP contribution in [-0.2, 0) is 15.3 Å². The largest absolute Gasteiger partial charge is 0.468 e. The zero-order valence-electron chi connectivity index (χ0n) is 16.8. The molecule has 30 heavy (non-hydrogen) atoms. The highest BCUT2D eigenvalue weighted by atomic mass is 32.2. The van der Waals surface area contributed by atoms with Crippen molar-refractivity contribution in [1.82, 2.24) is 0 Å². The number of carbonyl (C=O) groups is 2. The molecule has 1 aliphatic rings. The maximum absolute atomic E-state index is 13.3. The fourth-order valence-corrected chi connectivity index (χ4v) is 5.30. The molecular formula is C23H22N2O3S2. The molecule has 7 heteroatoms. The lowest BCUT2D eigenvalue weighted by Crippen LogP contribution is -2.31. The predicted octanol–water partition coefficient (Wildman–Crippen LogP) is 5.41. The molecule has 1 aliphatic heterocycles. The summed E-state index contributed by atoms with van der Waals surface area (Å²) >= 11 is 2.81. The van der Waals surface area contributed by atoms with Crippen molar-refractivity contribution < 1.29 is 14.0 Å². The van der Waals surface area contributed by atoms with E-state index in [-0.39, 0.29) is 11.8 Å². The Labute approximate surface area is 184 Å². The second-order valence-corrected chi connectivity index (χ2v) is 8.62. The van der Waals surface area contributed by atoms with Crippen LogP contribution in [0.25, 0.3) is 5.57 Å². The first kappa shape index (κ1) is 20.5. The number of benzene rings is 1. The van der Waals surface area contributed by atoms with Crippen LogP contribution >= 0.6 is 23.1 Å². The van der Waals surface area contributed by atoms with Crippen LogP contribution < -0.4 is 9.80 Å². The van der Waals surface area contributed by atoms with Crippen molar-refractivity contribution in [3.05, 3.63) is 75.7 Å². The van der Waals surface area contributed by atoms with Crippen LogP contribution in [0.5, 0.6) is 0 Å². The number of thiophene rings is 1. The molecule has 0 unspecified atom stereocenters. The molecule has 3 aromatic rings. The first-order valence-corrected chi connectivity index (χ1v) is 11.7. The number of hydrogen-bond donors (Lipinski definition) is 0. The summed E-state index contributed by atoms with van der Waals surface area (Å²) in [7, 11) is 0. The van der Waals surface area contributed by atoms with Crippen molar-refractivity contribution in [2.75, 3.05) is 22.9 Å². The van der Waals surface area contributed by atoms with E-state index in [1.807, 2.05) is 53.9 Å². The van der Waals surface area contributed by atoms with Crippen LogP contribution in [0.2, 0.25) is 0 Å². The number of nitrogens with zero attached hydrogens (tertiary/aromatic N) is 2. The molecule has 2 amide bonds. The van der Waals surface area contributed by atoms with Crippen molar-refractivity contribution in [2.45, 2.75) is 19.6 Å². The lowest BCUT2D eigenvalue weighted by atomic mass is 10.2. The predicted molar refractivity (Wildman–Crippen MR) is 124 cm³/mol. The van der Waals surface area contributed by atoms with Crippen LogP contribution in [0.4, 0.5) is 11.4 Å². The fraction of sp³-hybridized carbons (Fsp3) is 0.217. The van der Waals surface area contributed by atoms with E-state index in [2.05, 4.69) is 18.7 Å². The van der Waals surface area contributed by atoms with E-state index < -0.39 is 0 Å². The Hall–Kier alpha value is -2.77. The smallest absolute Gasteiger partial charge is 0.272 e. The molecular weight excluding hydrogens is 416 g/mol. The Kier molecular flexibility index (Phi) is 6.11. The molecule has 0 atom stereocenters. The third-order valence-electron chi connectivity index (χ3n) is 4.98. The van der Waals surface area contributed by atoms with Gasteiger partial charge in [-0.1, -0.05) is 6.07 Å². The summed E-state index contributed by atoms with van der Waals surface area (Å²) in [6.45, 7) is 6.00. The van der Waals surface area contributed by atoms with Gasteiger partial charge in [0.1, 0.15) is 5.76 Å². The molecule has 0 aliphatic carbocycles. The van der Waals surface area contributed by atoms with Gasteiger partial charge in [0, 0.05) is 23.7 Å². The molecule has 0 N–H and O–H groups in total. The normalized spacial score (nSPS) is 14.1. The monoisotopic (exact) mass is 438 g/mol. The third-order valence-corrected chi connectivity index (χ3v) is 6.97. The summed E-state index contributed by atoms with van der Waals surface area (Å²) in [4.78, 5) is 31.4. The van der Waals surface area contributed by atoms with Crippen molar-refractivity contribution in [3.8, 4) is 0 Å². The maximum atomic E-state index is 13.3. The van der Waals surface area contributed by atoms with Crippen molar-refractivity contribution in [2.24, 2.45) is 0 Å². The number of furan rings is 1. The van der Waals surface area contributed by atoms with E-state index in [1.165, 1.54) is 28.0 Å². The van der Waals surface area contributed by atoms with Crippen LogP contribution in [0, 0.1) is 0 Å². The lowest BCUT2D eigenvalue weighted by Gasteiger charge is -2.22. The number of amides is 2. The summed E-state index contributed by atoms with van der Waals surface area (Å²) in [5.41, 5.74) is 2.13. The van der Waals surface area contributed by atoms with E-state index in [0.29, 0.717) is 21.9 Å². The Morgan fingerprint density at radius 1 is 1.00 bits per heavy atom. The highest BCUT2D eigenvalue weighted by Crippen LogP contribution is 2.41. The van der Waals surface area contributed by atoms with Gasteiger partial charge in [-0.15, -0.1) is 23.1 Å². The Balaban J connectivity index is 1.65. The first-order chi connectivity index (χ1) is 14.6. The molecule has 2 aromatic heterocycles. The Bertz CT molecular complexity index is 1050. The number of rotatable bonds is 8. The average Bonchev–Trinajstić information content (AvgIpc) is 3.50. The second kappa shape index (κ2) is 8.93. The third kappa shape index (κ3) is 3.82. The molecule has 0 saturated carbocycles. The fourth-order valence-electron chi connectivity index (χ4n) is 3.46. The summed E-state index contributed by atoms with van der Waals surface area (Å²) < 4.78 is 5.39. The molecule has 0 radical (unpaired) electrons. The van der Waals surface area contributed by atoms with Gasteiger partial charge < -0.3 is 9.32 Å². The zero-order valence-corrected chi connectivity index (χ0v) is 18.5. The van der Waals surface area contributed by atoms with E-state index in [0.717, 1.165) is 29.4 Å². The minimum atomic E-state index is -0.282. The highest BCUT2D eigenvalue weighted by Gasteiger charge is 2.40. The zero-order chi connectivity index (χ0) is 21.1. The Morgan fingerprint density at radius 2 is 1.77 bits per heavy atom. The minimum Gasteiger partial charge on any atom is -0.468 e. The van der Waals surface area contributed by atoms with E-state index >= 15 is 0 Å². The molecule has 0 bridgehead atoms. The van der Waals surface area contributed by atoms with Crippen molar-refractivity contribution >= 4 is 51.9 Å². The SMILES string of the molecule is CCN(CC)c1ccc(N2C(=O)C(SCc3ccco3)=C(c3cccs3)C2=O)cc1. The quantitative estimate of drug-likeness (QED) is 0.441. The molecule has 3 heterocycles. The van der Waals surface area contributed by atoms with Crippen molar-refractivity contribution in [1.29, 1.82) is 0 Å². The summed E-state index contributed by atoms with van der Waals surface area (Å²) in [6, 6.07) is 15.1. The number of imide groups is 1. The van der Waals surface area contributed by atoms with Gasteiger partial charge in [-0.2, -0.15) is 0 Å². The number of anilines is 2. The summed E-state index contributed by atoms with van der Waals surface area (Å²) in [5, 5.41) is 1.91. The van der Waals surface area contributed by atoms with Crippen LogP contribution in [-0.4, -0.2) is 24.9 Å². The standard InChI is InChI=1S/C23H22N2O3S2/c1-3-24(4-2)16-9-11-17(12-10-16)25-22(26)20(19-8-6-14-29-19)21(23(25)27)30-15-18-7-5-13-28-18/h5-14H,3-4,15H2,1-2H3. The van der Waals surface area contributed by atoms with E-state index in [9.17, 15) is 9.59 Å². The second-order valence-electron chi connectivity index (χ2n) is 6.68. The van der Waals surface area contributed by atoms with E-state index in [4.69, 9.17) is 4.42 Å². The summed E-state index contributed by atoms with van der Waals surface area (Å²) in [5.74, 6) is 0.696. The van der Waals surface area contributed by atoms with Gasteiger partial charge in [0.15, 0.2) is 0 Å². The molecule has 0 spiro atoms. The molecule has 0 saturated heterocycles. The topological polar surface area (TPSA) is 53.8 Å². The molecule has 154 valence electrons. The van der Waals surface area contributed by atoms with Gasteiger partial charge >= 0.3 is 0 Å². The van der Waals surface area contributed by atoms with Gasteiger partial charge in [0.05, 0.1) is 28.2 Å². The van der Waals surface area contributed by atoms with Gasteiger partial charge in [0.2, 0.25) is 0 Å². The molecule has 5 nitrogen and oxygen atoms in total. The van der Waals surface area contributed by atoms with Crippen LogP contribution in [0.15, 0.2) is 69.5 Å². The minimum absolute atomic E-state index is 0.278. The number of thioether (sulfide) groups is 1. The van der Waals surface area contributed by atoms with Gasteiger partial charge in [0.25, 0.3) is 11.8 Å². The van der Waals surface area contributed by atoms with Gasteiger partial charge in [-0.3, -0.25) is 9.59 Å². The lowest BCUT2D eigenvalue weighted by molar-refractivity contribution is -0.119. The van der Waals surface area contributed by atoms with Gasteiger partial charge in [-0.25, -0.2) is 4.90 Å². The van der Waals surface area contributed by atoms with Crippen LogP contribution in [0.1, 0.15) is 24.5 Å². The number of hydrogen-bond acceptors (Lipinski definition) is 6.